The van der Waals surface area contributed by atoms with Crippen LogP contribution in [-0.2, 0) is 14.3 Å². The van der Waals surface area contributed by atoms with Crippen LogP contribution in [0.1, 0.15) is 0 Å². The van der Waals surface area contributed by atoms with Gasteiger partial charge in [0.25, 0.3) is 18.1 Å². The van der Waals surface area contributed by atoms with Gasteiger partial charge in [-0.3, -0.25) is 9.59 Å². The van der Waals surface area contributed by atoms with Crippen LogP contribution in [0.15, 0.2) is 12.2 Å². The van der Waals surface area contributed by atoms with Gasteiger partial charge in [0, 0.05) is 12.2 Å². The highest BCUT2D eigenvalue weighted by Crippen LogP contribution is 2.01. The van der Waals surface area contributed by atoms with Gasteiger partial charge in [0.1, 0.15) is 0 Å². The van der Waals surface area contributed by atoms with Crippen molar-refractivity contribution in [2.24, 2.45) is 0 Å². The van der Waals surface area contributed by atoms with Crippen molar-refractivity contribution in [2.75, 3.05) is 6.73 Å². The molecule has 0 aromatic heterocycles. The Morgan fingerprint density at radius 3 is 2.45 bits per heavy atom. The van der Waals surface area contributed by atoms with Crippen molar-refractivity contribution < 1.29 is 14.3 Å². The molecule has 0 unspecified atom stereocenters. The average molecular weight is 152 g/mol. The summed E-state index contributed by atoms with van der Waals surface area (Å²) in [7, 11) is 0. The predicted octanol–water partition coefficient (Wildman–Crippen LogP) is -0.633. The van der Waals surface area contributed by atoms with Crippen LogP contribution in [0.5, 0.6) is 0 Å². The summed E-state index contributed by atoms with van der Waals surface area (Å²) in [5.74, 6) is -0.907. The molecule has 1 rings (SSSR count). The van der Waals surface area contributed by atoms with E-state index in [0.717, 1.165) is 17.1 Å². The third kappa shape index (κ3) is 1.35. The van der Waals surface area contributed by atoms with Crippen LogP contribution in [0.3, 0.4) is 0 Å². The summed E-state index contributed by atoms with van der Waals surface area (Å²) >= 11 is 0. The molecule has 0 radical (unpaired) electrons. The first-order valence-corrected chi connectivity index (χ1v) is 2.80. The molecule has 0 saturated carbocycles. The SMILES string of the molecule is N#COCN1C(=O)C=CC1=O. The lowest BCUT2D eigenvalue weighted by Crippen LogP contribution is -2.31. The Morgan fingerprint density at radius 1 is 1.45 bits per heavy atom. The molecule has 0 aromatic carbocycles. The lowest BCUT2D eigenvalue weighted by Gasteiger charge is -2.09. The lowest BCUT2D eigenvalue weighted by atomic mass is 10.6. The third-order valence-electron chi connectivity index (χ3n) is 1.16. The molecule has 0 N–H and O–H groups in total. The van der Waals surface area contributed by atoms with Gasteiger partial charge in [-0.2, -0.15) is 5.26 Å². The minimum atomic E-state index is -0.453. The highest BCUT2D eigenvalue weighted by Gasteiger charge is 2.23. The summed E-state index contributed by atoms with van der Waals surface area (Å²) in [6.45, 7) is -0.304. The van der Waals surface area contributed by atoms with Gasteiger partial charge in [-0.25, -0.2) is 4.90 Å². The molecule has 0 saturated heterocycles. The van der Waals surface area contributed by atoms with Crippen LogP contribution >= 0.6 is 0 Å². The number of hydrogen-bond donors (Lipinski definition) is 0. The number of amides is 2. The van der Waals surface area contributed by atoms with E-state index in [9.17, 15) is 9.59 Å². The Hall–Kier alpha value is -1.83. The summed E-state index contributed by atoms with van der Waals surface area (Å²) < 4.78 is 4.21. The molecule has 0 atom stereocenters. The normalized spacial score (nSPS) is 15.4. The number of nitrogens with zero attached hydrogens (tertiary/aromatic N) is 2. The summed E-state index contributed by atoms with van der Waals surface area (Å²) in [5, 5.41) is 7.96. The van der Waals surface area contributed by atoms with E-state index in [4.69, 9.17) is 5.26 Å². The first kappa shape index (κ1) is 7.28. The summed E-state index contributed by atoms with van der Waals surface area (Å²) in [5.41, 5.74) is 0. The number of carbonyl (C=O) groups excluding carboxylic acids is 2. The van der Waals surface area contributed by atoms with Gasteiger partial charge in [-0.05, 0) is 0 Å². The minimum Gasteiger partial charge on any atom is -0.405 e. The number of hydrogen-bond acceptors (Lipinski definition) is 4. The second-order valence-corrected chi connectivity index (χ2v) is 1.80. The summed E-state index contributed by atoms with van der Waals surface area (Å²) in [4.78, 5) is 22.3. The van der Waals surface area contributed by atoms with Gasteiger partial charge in [-0.15, -0.1) is 0 Å². The molecule has 0 aromatic rings. The summed E-state index contributed by atoms with van der Waals surface area (Å²) in [6.07, 6.45) is 3.62. The van der Waals surface area contributed by atoms with Crippen molar-refractivity contribution in [1.82, 2.24) is 4.90 Å². The average Bonchev–Trinajstić information content (AvgIpc) is 2.29. The Labute approximate surface area is 62.5 Å². The first-order valence-electron chi connectivity index (χ1n) is 2.80. The minimum absolute atomic E-state index is 0.304. The second kappa shape index (κ2) is 2.84. The van der Waals surface area contributed by atoms with Crippen LogP contribution in [0.2, 0.25) is 0 Å². The number of ether oxygens (including phenoxy) is 1. The quantitative estimate of drug-likeness (QED) is 0.390. The van der Waals surface area contributed by atoms with E-state index in [0.29, 0.717) is 0 Å². The highest BCUT2D eigenvalue weighted by molar-refractivity contribution is 6.12. The maximum atomic E-state index is 10.7. The van der Waals surface area contributed by atoms with Crippen LogP contribution in [-0.4, -0.2) is 23.4 Å². The van der Waals surface area contributed by atoms with Crippen LogP contribution in [0.4, 0.5) is 0 Å². The van der Waals surface area contributed by atoms with E-state index in [2.05, 4.69) is 4.74 Å². The largest absolute Gasteiger partial charge is 0.405 e. The first-order chi connectivity index (χ1) is 5.25. The molecule has 2 amide bonds. The maximum Gasteiger partial charge on any atom is 0.288 e. The van der Waals surface area contributed by atoms with E-state index in [1.54, 1.807) is 0 Å². The van der Waals surface area contributed by atoms with Gasteiger partial charge >= 0.3 is 0 Å². The molecule has 56 valence electrons. The van der Waals surface area contributed by atoms with Crippen molar-refractivity contribution >= 4 is 11.8 Å². The number of imide groups is 1. The molecule has 1 aliphatic heterocycles. The molecule has 0 spiro atoms. The Bertz CT molecular complexity index is 245. The highest BCUT2D eigenvalue weighted by atomic mass is 16.5. The molecule has 1 aliphatic rings. The van der Waals surface area contributed by atoms with Gasteiger partial charge in [0.05, 0.1) is 0 Å². The molecule has 5 nitrogen and oxygen atoms in total. The monoisotopic (exact) mass is 152 g/mol. The van der Waals surface area contributed by atoms with Gasteiger partial charge in [0.15, 0.2) is 6.73 Å². The standard InChI is InChI=1S/C6H4N2O3/c7-3-11-4-8-5(9)1-2-6(8)10/h1-2H,4H2. The summed E-state index contributed by atoms with van der Waals surface area (Å²) in [6, 6.07) is 0. The van der Waals surface area contributed by atoms with Crippen molar-refractivity contribution in [2.45, 2.75) is 0 Å². The number of carbonyl (C=O) groups is 2. The zero-order chi connectivity index (χ0) is 8.27. The van der Waals surface area contributed by atoms with Gasteiger partial charge in [0.2, 0.25) is 0 Å². The smallest absolute Gasteiger partial charge is 0.288 e. The molecule has 0 aliphatic carbocycles. The topological polar surface area (TPSA) is 70.4 Å². The number of nitriles is 1. The van der Waals surface area contributed by atoms with E-state index in [-0.39, 0.29) is 6.73 Å². The molecule has 0 fully saturated rings. The van der Waals surface area contributed by atoms with E-state index < -0.39 is 11.8 Å². The fraction of sp³-hybridized carbons (Fsp3) is 0.167. The zero-order valence-electron chi connectivity index (χ0n) is 5.48. The van der Waals surface area contributed by atoms with Gasteiger partial charge < -0.3 is 4.74 Å². The maximum absolute atomic E-state index is 10.7. The fourth-order valence-corrected chi connectivity index (χ4v) is 0.652. The van der Waals surface area contributed by atoms with Crippen molar-refractivity contribution in [1.29, 1.82) is 5.26 Å². The lowest BCUT2D eigenvalue weighted by molar-refractivity contribution is -0.140. The molecule has 5 heteroatoms. The number of rotatable bonds is 2. The Balaban J connectivity index is 2.54. The predicted molar refractivity (Wildman–Crippen MR) is 32.6 cm³/mol. The fourth-order valence-electron chi connectivity index (χ4n) is 0.652. The Kier molecular flexibility index (Phi) is 1.88. The van der Waals surface area contributed by atoms with Gasteiger partial charge in [-0.1, -0.05) is 0 Å². The Morgan fingerprint density at radius 2 is 2.00 bits per heavy atom. The van der Waals surface area contributed by atoms with E-state index in [1.807, 2.05) is 0 Å². The van der Waals surface area contributed by atoms with Crippen LogP contribution in [0, 0.1) is 11.5 Å². The molecular weight excluding hydrogens is 148 g/mol. The molecule has 11 heavy (non-hydrogen) atoms. The van der Waals surface area contributed by atoms with E-state index >= 15 is 0 Å². The molecular formula is C6H4N2O3. The van der Waals surface area contributed by atoms with Crippen LogP contribution < -0.4 is 0 Å². The van der Waals surface area contributed by atoms with Crippen molar-refractivity contribution in [3.63, 3.8) is 0 Å². The third-order valence-corrected chi connectivity index (χ3v) is 1.16. The van der Waals surface area contributed by atoms with Crippen molar-refractivity contribution in [3.05, 3.63) is 12.2 Å². The van der Waals surface area contributed by atoms with Crippen molar-refractivity contribution in [3.8, 4) is 6.26 Å². The van der Waals surface area contributed by atoms with Crippen LogP contribution in [0.25, 0.3) is 0 Å². The molecule has 0 bridgehead atoms. The molecule has 1 heterocycles. The second-order valence-electron chi connectivity index (χ2n) is 1.80. The zero-order valence-corrected chi connectivity index (χ0v) is 5.48. The van der Waals surface area contributed by atoms with E-state index in [1.165, 1.54) is 6.26 Å².